The molecule has 3 aliphatic heterocycles. The van der Waals surface area contributed by atoms with Gasteiger partial charge < -0.3 is 48.9 Å². The number of methoxy groups -OCH3 is 1. The molecule has 16 nitrogen and oxygen atoms in total. The second-order valence-corrected chi connectivity index (χ2v) is 12.5. The predicted molar refractivity (Wildman–Crippen MR) is 179 cm³/mol. The minimum absolute atomic E-state index is 0.0240. The number of carbonyl (C=O) groups is 5. The Balaban J connectivity index is 1.64. The van der Waals surface area contributed by atoms with Gasteiger partial charge in [-0.15, -0.1) is 0 Å². The van der Waals surface area contributed by atoms with Crippen molar-refractivity contribution in [2.24, 2.45) is 11.8 Å². The number of unbranched alkanes of at least 4 members (excludes halogenated alkanes) is 2. The van der Waals surface area contributed by atoms with Gasteiger partial charge in [-0.25, -0.2) is 4.79 Å². The normalized spacial score (nSPS) is 26.0. The molecule has 51 heavy (non-hydrogen) atoms. The molecule has 1 aromatic carbocycles. The first-order valence-corrected chi connectivity index (χ1v) is 17.4. The predicted octanol–water partition coefficient (Wildman–Crippen LogP) is 2.71. The fourth-order valence-electron chi connectivity index (χ4n) is 5.77. The third-order valence-electron chi connectivity index (χ3n) is 8.61. The molecule has 3 aliphatic rings. The molecule has 0 spiro atoms. The number of aliphatic hydroxyl groups excluding tert-OH is 1. The van der Waals surface area contributed by atoms with Crippen LogP contribution in [0.2, 0.25) is 0 Å². The summed E-state index contributed by atoms with van der Waals surface area (Å²) in [4.78, 5) is 66.5. The van der Waals surface area contributed by atoms with Crippen LogP contribution in [0.15, 0.2) is 30.4 Å². The molecule has 282 valence electrons. The van der Waals surface area contributed by atoms with Crippen LogP contribution in [-0.4, -0.2) is 99.3 Å². The highest BCUT2D eigenvalue weighted by molar-refractivity contribution is 5.86. The van der Waals surface area contributed by atoms with Crippen molar-refractivity contribution in [2.45, 2.75) is 95.9 Å². The lowest BCUT2D eigenvalue weighted by Gasteiger charge is -2.44. The van der Waals surface area contributed by atoms with Gasteiger partial charge >= 0.3 is 18.0 Å². The molecular weight excluding hydrogens is 670 g/mol. The average molecular weight is 720 g/mol. The molecule has 1 saturated heterocycles. The number of carbonyl (C=O) groups excluding carboxylic acids is 5. The largest absolute Gasteiger partial charge is 0.454 e. The van der Waals surface area contributed by atoms with Gasteiger partial charge in [-0.3, -0.25) is 24.5 Å². The van der Waals surface area contributed by atoms with E-state index in [1.54, 1.807) is 24.3 Å². The maximum atomic E-state index is 13.8. The van der Waals surface area contributed by atoms with Crippen LogP contribution < -0.4 is 25.4 Å². The number of hydrogen-bond acceptors (Lipinski definition) is 13. The number of amides is 3. The quantitative estimate of drug-likeness (QED) is 0.0946. The first-order chi connectivity index (χ1) is 24.7. The van der Waals surface area contributed by atoms with E-state index in [-0.39, 0.29) is 50.0 Å². The summed E-state index contributed by atoms with van der Waals surface area (Å²) in [5, 5.41) is 18.5. The van der Waals surface area contributed by atoms with Crippen LogP contribution >= 0.6 is 0 Å². The van der Waals surface area contributed by atoms with Crippen molar-refractivity contribution in [1.29, 1.82) is 0 Å². The number of esters is 2. The lowest BCUT2D eigenvalue weighted by atomic mass is 9.94. The van der Waals surface area contributed by atoms with Crippen molar-refractivity contribution in [2.75, 3.05) is 38.9 Å². The zero-order valence-electron chi connectivity index (χ0n) is 29.3. The zero-order valence-corrected chi connectivity index (χ0v) is 29.3. The molecule has 16 heteroatoms. The summed E-state index contributed by atoms with van der Waals surface area (Å²) in [6, 6.07) is 4.67. The number of rotatable bonds is 14. The standard InChI is InChI=1S/C35H49N3O13/c1-4-6-14-36-27(40)16-21-10-8-9-11-22(17-28(41)37-15-7-5-2)33(43)50-31-30(49-32(21)42)29(26(19-39)48-34(31)45-3)51-35(44)38-23-12-13-24-25(18-23)47-20-46-24/h8-9,12-13,18,21-22,26,29-31,34,39H,4-7,10-11,14-17,19-20H2,1-3H3,(H,36,40)(H,37,41)(H,38,44)/t21-,22-,26-,29-,30+,31+,34+/m1/s1. The highest BCUT2D eigenvalue weighted by Crippen LogP contribution is 2.35. The summed E-state index contributed by atoms with van der Waals surface area (Å²) >= 11 is 0. The summed E-state index contributed by atoms with van der Waals surface area (Å²) in [5.74, 6) is -3.38. The third kappa shape index (κ3) is 11.3. The number of anilines is 1. The van der Waals surface area contributed by atoms with E-state index in [2.05, 4.69) is 16.0 Å². The van der Waals surface area contributed by atoms with Gasteiger partial charge in [-0.2, -0.15) is 0 Å². The Morgan fingerprint density at radius 2 is 1.45 bits per heavy atom. The van der Waals surface area contributed by atoms with E-state index in [0.717, 1.165) is 25.7 Å². The van der Waals surface area contributed by atoms with E-state index in [9.17, 15) is 29.1 Å². The van der Waals surface area contributed by atoms with Crippen molar-refractivity contribution in [3.05, 3.63) is 30.4 Å². The van der Waals surface area contributed by atoms with Crippen LogP contribution in [0, 0.1) is 11.8 Å². The van der Waals surface area contributed by atoms with Gasteiger partial charge in [0.2, 0.25) is 18.6 Å². The SMILES string of the molecule is CCCCNC(=O)C[C@H]1CC=CC[C@H](CC(=O)NCCCC)C(=O)O[C@@H]2[C@@H](OC)O[C@H](CO)[C@@H](OC(=O)Nc3ccc4c(c3)OCO4)[C@@H]2OC1=O. The Kier molecular flexibility index (Phi) is 15.3. The van der Waals surface area contributed by atoms with Crippen molar-refractivity contribution in [3.63, 3.8) is 0 Å². The number of ether oxygens (including phenoxy) is 7. The van der Waals surface area contributed by atoms with Gasteiger partial charge in [-0.05, 0) is 37.8 Å². The van der Waals surface area contributed by atoms with Crippen LogP contribution in [0.1, 0.15) is 65.2 Å². The molecule has 7 atom stereocenters. The van der Waals surface area contributed by atoms with Gasteiger partial charge in [0.15, 0.2) is 36.1 Å². The van der Waals surface area contributed by atoms with E-state index in [1.807, 2.05) is 13.8 Å². The molecule has 3 heterocycles. The zero-order chi connectivity index (χ0) is 36.8. The highest BCUT2D eigenvalue weighted by atomic mass is 16.7. The second-order valence-electron chi connectivity index (χ2n) is 12.5. The molecule has 4 rings (SSSR count). The van der Waals surface area contributed by atoms with Crippen LogP contribution in [-0.2, 0) is 42.9 Å². The lowest BCUT2D eigenvalue weighted by molar-refractivity contribution is -0.300. The molecular formula is C35H49N3O13. The summed E-state index contributed by atoms with van der Waals surface area (Å²) in [7, 11) is 1.26. The van der Waals surface area contributed by atoms with Gasteiger partial charge in [0.25, 0.3) is 0 Å². The number of aliphatic hydroxyl groups is 1. The Hall–Kier alpha value is -4.41. The summed E-state index contributed by atoms with van der Waals surface area (Å²) in [6.07, 6.45) is -1.92. The van der Waals surface area contributed by atoms with Gasteiger partial charge in [0.1, 0.15) is 6.10 Å². The molecule has 0 unspecified atom stereocenters. The van der Waals surface area contributed by atoms with Crippen LogP contribution in [0.4, 0.5) is 10.5 Å². The Bertz CT molecular complexity index is 1390. The average Bonchev–Trinajstić information content (AvgIpc) is 3.58. The minimum atomic E-state index is -1.56. The van der Waals surface area contributed by atoms with E-state index >= 15 is 0 Å². The van der Waals surface area contributed by atoms with Crippen molar-refractivity contribution in [1.82, 2.24) is 10.6 Å². The molecule has 1 fully saturated rings. The van der Waals surface area contributed by atoms with E-state index < -0.39 is 67.2 Å². The van der Waals surface area contributed by atoms with Crippen LogP contribution in [0.5, 0.6) is 11.5 Å². The molecule has 0 bridgehead atoms. The maximum absolute atomic E-state index is 13.8. The summed E-state index contributed by atoms with van der Waals surface area (Å²) < 4.78 is 39.6. The third-order valence-corrected chi connectivity index (χ3v) is 8.61. The van der Waals surface area contributed by atoms with Gasteiger partial charge in [-0.1, -0.05) is 38.8 Å². The fraction of sp³-hybridized carbons (Fsp3) is 0.629. The van der Waals surface area contributed by atoms with Crippen molar-refractivity contribution in [3.8, 4) is 11.5 Å². The smallest absolute Gasteiger partial charge is 0.412 e. The number of hydrogen-bond donors (Lipinski definition) is 4. The molecule has 1 aromatic rings. The van der Waals surface area contributed by atoms with E-state index in [1.165, 1.54) is 13.2 Å². The molecule has 3 amide bonds. The Morgan fingerprint density at radius 1 is 0.863 bits per heavy atom. The van der Waals surface area contributed by atoms with Crippen LogP contribution in [0.3, 0.4) is 0 Å². The summed E-state index contributed by atoms with van der Waals surface area (Å²) in [5.41, 5.74) is 0.288. The van der Waals surface area contributed by atoms with Crippen molar-refractivity contribution < 1.29 is 62.2 Å². The molecule has 0 aromatic heterocycles. The molecule has 4 N–H and O–H groups in total. The number of fused-ring (bicyclic) bond motifs is 2. The van der Waals surface area contributed by atoms with Crippen LogP contribution in [0.25, 0.3) is 0 Å². The summed E-state index contributed by atoms with van der Waals surface area (Å²) in [6.45, 7) is 4.19. The van der Waals surface area contributed by atoms with Gasteiger partial charge in [0.05, 0.1) is 18.4 Å². The molecule has 0 radical (unpaired) electrons. The Labute approximate surface area is 296 Å². The van der Waals surface area contributed by atoms with Crippen molar-refractivity contribution >= 4 is 35.5 Å². The monoisotopic (exact) mass is 719 g/mol. The first-order valence-electron chi connectivity index (χ1n) is 17.4. The highest BCUT2D eigenvalue weighted by Gasteiger charge is 2.53. The first kappa shape index (κ1) is 39.4. The lowest BCUT2D eigenvalue weighted by Crippen LogP contribution is -2.63. The van der Waals surface area contributed by atoms with E-state index in [4.69, 9.17) is 33.2 Å². The topological polar surface area (TPSA) is 206 Å². The molecule has 0 aliphatic carbocycles. The fourth-order valence-corrected chi connectivity index (χ4v) is 5.77. The number of allylic oxidation sites excluding steroid dienone is 2. The minimum Gasteiger partial charge on any atom is -0.454 e. The van der Waals surface area contributed by atoms with E-state index in [0.29, 0.717) is 24.6 Å². The number of benzene rings is 1. The van der Waals surface area contributed by atoms with Gasteiger partial charge in [0, 0.05) is 44.8 Å². The second kappa shape index (κ2) is 19.8. The maximum Gasteiger partial charge on any atom is 0.412 e. The molecule has 0 saturated carbocycles. The number of nitrogens with one attached hydrogen (secondary N) is 3. The Morgan fingerprint density at radius 3 is 2.02 bits per heavy atom.